The molecule has 0 radical (unpaired) electrons. The molecule has 0 bridgehead atoms. The highest BCUT2D eigenvalue weighted by Crippen LogP contribution is 2.25. The lowest BCUT2D eigenvalue weighted by Gasteiger charge is -2.27. The first-order chi connectivity index (χ1) is 8.49. The van der Waals surface area contributed by atoms with Crippen LogP contribution < -0.4 is 5.32 Å². The van der Waals surface area contributed by atoms with Gasteiger partial charge in [0, 0.05) is 12.6 Å². The summed E-state index contributed by atoms with van der Waals surface area (Å²) < 4.78 is 5.81. The molecule has 3 atom stereocenters. The first-order valence-electron chi connectivity index (χ1n) is 7.09. The van der Waals surface area contributed by atoms with Crippen molar-refractivity contribution in [1.29, 1.82) is 0 Å². The largest absolute Gasteiger partial charge is 0.480 e. The molecule has 1 rings (SSSR count). The zero-order valence-corrected chi connectivity index (χ0v) is 11.8. The molecule has 4 nitrogen and oxygen atoms in total. The number of nitrogens with one attached hydrogen (secondary N) is 1. The number of carboxylic acid groups (broad SMARTS) is 1. The predicted molar refractivity (Wildman–Crippen MR) is 71.7 cm³/mol. The molecule has 1 saturated carbocycles. The zero-order chi connectivity index (χ0) is 13.5. The summed E-state index contributed by atoms with van der Waals surface area (Å²) >= 11 is 0. The third kappa shape index (κ3) is 5.83. The second-order valence-electron chi connectivity index (χ2n) is 5.77. The Hall–Kier alpha value is -0.610. The summed E-state index contributed by atoms with van der Waals surface area (Å²) in [4.78, 5) is 11.1. The van der Waals surface area contributed by atoms with Crippen LogP contribution in [0.2, 0.25) is 0 Å². The van der Waals surface area contributed by atoms with Gasteiger partial charge >= 0.3 is 5.97 Å². The standard InChI is InChI=1S/C14H27NO3/c1-10(2)15-13(14(16)17)7-8-18-12-6-4-5-11(3)9-12/h10-13,15H,4-9H2,1-3H3,(H,16,17). The molecule has 0 aromatic rings. The molecule has 4 heteroatoms. The third-order valence-electron chi connectivity index (χ3n) is 3.48. The Morgan fingerprint density at radius 2 is 2.17 bits per heavy atom. The van der Waals surface area contributed by atoms with E-state index in [4.69, 9.17) is 9.84 Å². The van der Waals surface area contributed by atoms with Gasteiger partial charge in [-0.15, -0.1) is 0 Å². The Labute approximate surface area is 110 Å². The maximum atomic E-state index is 11.1. The van der Waals surface area contributed by atoms with E-state index in [1.165, 1.54) is 12.8 Å². The van der Waals surface area contributed by atoms with Crippen LogP contribution in [0.4, 0.5) is 0 Å². The number of aliphatic carboxylic acids is 1. The van der Waals surface area contributed by atoms with Crippen LogP contribution in [0, 0.1) is 5.92 Å². The Balaban J connectivity index is 2.23. The summed E-state index contributed by atoms with van der Waals surface area (Å²) in [6, 6.07) is -0.313. The van der Waals surface area contributed by atoms with E-state index in [2.05, 4.69) is 12.2 Å². The highest BCUT2D eigenvalue weighted by molar-refractivity contribution is 5.73. The topological polar surface area (TPSA) is 58.6 Å². The lowest BCUT2D eigenvalue weighted by molar-refractivity contribution is -0.140. The molecule has 0 heterocycles. The van der Waals surface area contributed by atoms with E-state index in [0.29, 0.717) is 19.1 Å². The highest BCUT2D eigenvalue weighted by Gasteiger charge is 2.21. The highest BCUT2D eigenvalue weighted by atomic mass is 16.5. The Morgan fingerprint density at radius 1 is 1.44 bits per heavy atom. The van der Waals surface area contributed by atoms with Gasteiger partial charge in [-0.25, -0.2) is 0 Å². The van der Waals surface area contributed by atoms with Crippen LogP contribution in [0.15, 0.2) is 0 Å². The fourth-order valence-corrected chi connectivity index (χ4v) is 2.56. The molecule has 0 aliphatic heterocycles. The summed E-state index contributed by atoms with van der Waals surface area (Å²) in [5.41, 5.74) is 0. The van der Waals surface area contributed by atoms with Crippen molar-refractivity contribution in [2.45, 2.75) is 71.1 Å². The van der Waals surface area contributed by atoms with Gasteiger partial charge in [0.05, 0.1) is 6.10 Å². The van der Waals surface area contributed by atoms with E-state index in [9.17, 15) is 4.79 Å². The molecule has 1 fully saturated rings. The smallest absolute Gasteiger partial charge is 0.320 e. The maximum Gasteiger partial charge on any atom is 0.320 e. The van der Waals surface area contributed by atoms with E-state index < -0.39 is 12.0 Å². The van der Waals surface area contributed by atoms with Crippen molar-refractivity contribution in [3.8, 4) is 0 Å². The van der Waals surface area contributed by atoms with Gasteiger partial charge in [0.15, 0.2) is 0 Å². The minimum absolute atomic E-state index is 0.181. The van der Waals surface area contributed by atoms with Gasteiger partial charge in [0.1, 0.15) is 6.04 Å². The molecular weight excluding hydrogens is 230 g/mol. The van der Waals surface area contributed by atoms with E-state index in [1.54, 1.807) is 0 Å². The molecule has 0 spiro atoms. The Kier molecular flexibility index (Phi) is 6.65. The van der Waals surface area contributed by atoms with Gasteiger partial charge in [0.2, 0.25) is 0 Å². The number of hydrogen-bond donors (Lipinski definition) is 2. The van der Waals surface area contributed by atoms with Gasteiger partial charge in [0.25, 0.3) is 0 Å². The molecular formula is C14H27NO3. The van der Waals surface area contributed by atoms with E-state index >= 15 is 0 Å². The van der Waals surface area contributed by atoms with Crippen molar-refractivity contribution in [2.24, 2.45) is 5.92 Å². The fourth-order valence-electron chi connectivity index (χ4n) is 2.56. The van der Waals surface area contributed by atoms with Crippen LogP contribution in [0.25, 0.3) is 0 Å². The van der Waals surface area contributed by atoms with Crippen molar-refractivity contribution in [2.75, 3.05) is 6.61 Å². The van der Waals surface area contributed by atoms with E-state index in [0.717, 1.165) is 18.8 Å². The molecule has 0 saturated heterocycles. The number of rotatable bonds is 7. The number of hydrogen-bond acceptors (Lipinski definition) is 3. The quantitative estimate of drug-likeness (QED) is 0.735. The second-order valence-corrected chi connectivity index (χ2v) is 5.77. The summed E-state index contributed by atoms with van der Waals surface area (Å²) in [6.07, 6.45) is 5.65. The number of ether oxygens (including phenoxy) is 1. The van der Waals surface area contributed by atoms with Gasteiger partial charge in [-0.05, 0) is 25.2 Å². The maximum absolute atomic E-state index is 11.1. The lowest BCUT2D eigenvalue weighted by Crippen LogP contribution is -2.41. The minimum atomic E-state index is -0.788. The summed E-state index contributed by atoms with van der Waals surface area (Å²) in [7, 11) is 0. The fraction of sp³-hybridized carbons (Fsp3) is 0.929. The van der Waals surface area contributed by atoms with Crippen LogP contribution in [-0.4, -0.2) is 35.9 Å². The monoisotopic (exact) mass is 257 g/mol. The van der Waals surface area contributed by atoms with E-state index in [1.807, 2.05) is 13.8 Å². The van der Waals surface area contributed by atoms with Gasteiger partial charge in [-0.1, -0.05) is 33.6 Å². The van der Waals surface area contributed by atoms with Crippen LogP contribution in [-0.2, 0) is 9.53 Å². The summed E-state index contributed by atoms with van der Waals surface area (Å²) in [6.45, 7) is 6.71. The Bertz CT molecular complexity index is 255. The molecule has 0 aromatic heterocycles. The average Bonchev–Trinajstić information content (AvgIpc) is 2.27. The zero-order valence-electron chi connectivity index (χ0n) is 11.8. The molecule has 1 aliphatic rings. The van der Waals surface area contributed by atoms with Gasteiger partial charge in [-0.3, -0.25) is 4.79 Å². The van der Waals surface area contributed by atoms with Crippen LogP contribution >= 0.6 is 0 Å². The van der Waals surface area contributed by atoms with Crippen molar-refractivity contribution in [3.63, 3.8) is 0 Å². The van der Waals surface area contributed by atoms with Crippen LogP contribution in [0.5, 0.6) is 0 Å². The van der Waals surface area contributed by atoms with Crippen LogP contribution in [0.3, 0.4) is 0 Å². The minimum Gasteiger partial charge on any atom is -0.480 e. The first kappa shape index (κ1) is 15.4. The lowest BCUT2D eigenvalue weighted by atomic mass is 9.89. The van der Waals surface area contributed by atoms with E-state index in [-0.39, 0.29) is 6.04 Å². The summed E-state index contributed by atoms with van der Waals surface area (Å²) in [5, 5.41) is 12.1. The second kappa shape index (κ2) is 7.74. The van der Waals surface area contributed by atoms with Crippen molar-refractivity contribution >= 4 is 5.97 Å². The van der Waals surface area contributed by atoms with Crippen molar-refractivity contribution < 1.29 is 14.6 Å². The number of carboxylic acids is 1. The SMILES string of the molecule is CC1CCCC(OCCC(NC(C)C)C(=O)O)C1. The average molecular weight is 257 g/mol. The van der Waals surface area contributed by atoms with Gasteiger partial charge in [-0.2, -0.15) is 0 Å². The summed E-state index contributed by atoms with van der Waals surface area (Å²) in [5.74, 6) is -0.0443. The molecule has 2 N–H and O–H groups in total. The predicted octanol–water partition coefficient (Wildman–Crippen LogP) is 2.42. The normalized spacial score (nSPS) is 26.2. The third-order valence-corrected chi connectivity index (χ3v) is 3.48. The molecule has 18 heavy (non-hydrogen) atoms. The molecule has 1 aliphatic carbocycles. The molecule has 0 amide bonds. The molecule has 0 aromatic carbocycles. The first-order valence-corrected chi connectivity index (χ1v) is 7.09. The van der Waals surface area contributed by atoms with Crippen LogP contribution in [0.1, 0.15) is 52.9 Å². The molecule has 3 unspecified atom stereocenters. The van der Waals surface area contributed by atoms with Crippen molar-refractivity contribution in [1.82, 2.24) is 5.32 Å². The Morgan fingerprint density at radius 3 is 2.72 bits per heavy atom. The number of carbonyl (C=O) groups is 1. The molecule has 106 valence electrons. The van der Waals surface area contributed by atoms with Gasteiger partial charge < -0.3 is 15.2 Å². The van der Waals surface area contributed by atoms with Crippen molar-refractivity contribution in [3.05, 3.63) is 0 Å².